The Hall–Kier alpha value is -2.89. The third kappa shape index (κ3) is 5.59. The van der Waals surface area contributed by atoms with Crippen LogP contribution in [0.5, 0.6) is 5.75 Å². The summed E-state index contributed by atoms with van der Waals surface area (Å²) in [6.07, 6.45) is 0.312. The summed E-state index contributed by atoms with van der Waals surface area (Å²) in [5.41, 5.74) is 2.88. The molecule has 0 aromatic heterocycles. The van der Waals surface area contributed by atoms with E-state index in [1.54, 1.807) is 44.2 Å². The molecule has 0 saturated carbocycles. The quantitative estimate of drug-likeness (QED) is 0.658. The lowest BCUT2D eigenvalue weighted by atomic mass is 10.1. The predicted octanol–water partition coefficient (Wildman–Crippen LogP) is 3.42. The summed E-state index contributed by atoms with van der Waals surface area (Å²) < 4.78 is 32.6. The van der Waals surface area contributed by atoms with Crippen molar-refractivity contribution in [1.82, 2.24) is 4.31 Å². The second-order valence-corrected chi connectivity index (χ2v) is 8.76. The Labute approximate surface area is 178 Å². The highest BCUT2D eigenvalue weighted by Gasteiger charge is 2.23. The Morgan fingerprint density at radius 3 is 2.33 bits per heavy atom. The number of ether oxygens (including phenoxy) is 1. The fourth-order valence-electron chi connectivity index (χ4n) is 2.95. The van der Waals surface area contributed by atoms with Crippen molar-refractivity contribution in [3.8, 4) is 11.8 Å². The largest absolute Gasteiger partial charge is 0.484 e. The Kier molecular flexibility index (Phi) is 7.98. The Morgan fingerprint density at radius 1 is 1.13 bits per heavy atom. The minimum atomic E-state index is -3.64. The van der Waals surface area contributed by atoms with Crippen molar-refractivity contribution in [2.75, 3.05) is 25.0 Å². The van der Waals surface area contributed by atoms with Crippen molar-refractivity contribution in [2.24, 2.45) is 0 Å². The number of nitrogens with zero attached hydrogens (tertiary/aromatic N) is 2. The highest BCUT2D eigenvalue weighted by molar-refractivity contribution is 7.89. The van der Waals surface area contributed by atoms with Crippen LogP contribution in [-0.2, 0) is 21.2 Å². The molecule has 0 heterocycles. The molecular formula is C22H27N3O4S. The molecule has 0 aliphatic heterocycles. The summed E-state index contributed by atoms with van der Waals surface area (Å²) >= 11 is 0. The van der Waals surface area contributed by atoms with Crippen LogP contribution in [0.3, 0.4) is 0 Å². The van der Waals surface area contributed by atoms with Gasteiger partial charge in [0.15, 0.2) is 6.61 Å². The molecule has 8 heteroatoms. The van der Waals surface area contributed by atoms with E-state index in [2.05, 4.69) is 11.4 Å². The van der Waals surface area contributed by atoms with Crippen molar-refractivity contribution >= 4 is 21.6 Å². The monoisotopic (exact) mass is 429 g/mol. The van der Waals surface area contributed by atoms with Crippen LogP contribution >= 0.6 is 0 Å². The van der Waals surface area contributed by atoms with Gasteiger partial charge in [0.2, 0.25) is 10.0 Å². The topological polar surface area (TPSA) is 99.5 Å². The molecule has 2 rings (SSSR count). The van der Waals surface area contributed by atoms with Gasteiger partial charge >= 0.3 is 0 Å². The SMILES string of the molecule is CCN(CC)S(=O)(=O)c1cc(C)c(C)c(NC(=O)COc2ccc(CC#N)cc2)c1. The molecule has 0 aliphatic carbocycles. The summed E-state index contributed by atoms with van der Waals surface area (Å²) in [4.78, 5) is 12.5. The average Bonchev–Trinajstić information content (AvgIpc) is 2.71. The van der Waals surface area contributed by atoms with Gasteiger partial charge in [-0.2, -0.15) is 9.57 Å². The summed E-state index contributed by atoms with van der Waals surface area (Å²) in [5.74, 6) is 0.119. The van der Waals surface area contributed by atoms with Gasteiger partial charge in [-0.05, 0) is 54.8 Å². The zero-order valence-corrected chi connectivity index (χ0v) is 18.5. The Bertz CT molecular complexity index is 1040. The van der Waals surface area contributed by atoms with Crippen LogP contribution in [0.15, 0.2) is 41.3 Å². The maximum absolute atomic E-state index is 12.8. The van der Waals surface area contributed by atoms with E-state index in [1.807, 2.05) is 13.8 Å². The number of carbonyl (C=O) groups is 1. The molecule has 0 aliphatic rings. The van der Waals surface area contributed by atoms with Gasteiger partial charge in [0.05, 0.1) is 17.4 Å². The Morgan fingerprint density at radius 2 is 1.77 bits per heavy atom. The molecule has 0 unspecified atom stereocenters. The number of carbonyl (C=O) groups excluding carboxylic acids is 1. The first-order valence-electron chi connectivity index (χ1n) is 9.72. The van der Waals surface area contributed by atoms with Gasteiger partial charge in [-0.1, -0.05) is 26.0 Å². The molecule has 0 saturated heterocycles. The first kappa shape index (κ1) is 23.4. The normalized spacial score (nSPS) is 11.2. The minimum absolute atomic E-state index is 0.151. The minimum Gasteiger partial charge on any atom is -0.484 e. The molecule has 0 spiro atoms. The van der Waals surface area contributed by atoms with Gasteiger partial charge in [0.25, 0.3) is 5.91 Å². The van der Waals surface area contributed by atoms with Crippen LogP contribution < -0.4 is 10.1 Å². The molecule has 0 fully saturated rings. The molecule has 7 nitrogen and oxygen atoms in total. The number of nitrogens with one attached hydrogen (secondary N) is 1. The molecule has 0 bridgehead atoms. The van der Waals surface area contributed by atoms with Crippen LogP contribution in [-0.4, -0.2) is 38.3 Å². The van der Waals surface area contributed by atoms with Crippen molar-refractivity contribution in [3.05, 3.63) is 53.1 Å². The second kappa shape index (κ2) is 10.2. The van der Waals surface area contributed by atoms with Crippen LogP contribution in [0, 0.1) is 25.2 Å². The van der Waals surface area contributed by atoms with Crippen LogP contribution in [0.1, 0.15) is 30.5 Å². The van der Waals surface area contributed by atoms with E-state index in [1.165, 1.54) is 10.4 Å². The zero-order chi connectivity index (χ0) is 22.3. The molecule has 30 heavy (non-hydrogen) atoms. The lowest BCUT2D eigenvalue weighted by molar-refractivity contribution is -0.118. The predicted molar refractivity (Wildman–Crippen MR) is 116 cm³/mol. The molecular weight excluding hydrogens is 402 g/mol. The summed E-state index contributed by atoms with van der Waals surface area (Å²) in [6, 6.07) is 12.1. The van der Waals surface area contributed by atoms with E-state index < -0.39 is 15.9 Å². The van der Waals surface area contributed by atoms with E-state index >= 15 is 0 Å². The molecule has 0 atom stereocenters. The fraction of sp³-hybridized carbons (Fsp3) is 0.364. The Balaban J connectivity index is 2.14. The van der Waals surface area contributed by atoms with Crippen molar-refractivity contribution in [3.63, 3.8) is 0 Å². The molecule has 1 amide bonds. The van der Waals surface area contributed by atoms with E-state index in [-0.39, 0.29) is 11.5 Å². The maximum atomic E-state index is 12.8. The number of nitriles is 1. The van der Waals surface area contributed by atoms with Crippen LogP contribution in [0.2, 0.25) is 0 Å². The smallest absolute Gasteiger partial charge is 0.262 e. The number of sulfonamides is 1. The molecule has 0 radical (unpaired) electrons. The number of hydrogen-bond acceptors (Lipinski definition) is 5. The lowest BCUT2D eigenvalue weighted by Crippen LogP contribution is -2.31. The molecule has 160 valence electrons. The van der Waals surface area contributed by atoms with E-state index in [9.17, 15) is 13.2 Å². The van der Waals surface area contributed by atoms with Gasteiger partial charge in [-0.25, -0.2) is 8.42 Å². The van der Waals surface area contributed by atoms with Gasteiger partial charge in [0.1, 0.15) is 5.75 Å². The molecule has 2 aromatic rings. The second-order valence-electron chi connectivity index (χ2n) is 6.82. The first-order chi connectivity index (χ1) is 14.2. The zero-order valence-electron chi connectivity index (χ0n) is 17.7. The third-order valence-corrected chi connectivity index (χ3v) is 6.86. The van der Waals surface area contributed by atoms with Crippen molar-refractivity contribution in [1.29, 1.82) is 5.26 Å². The summed E-state index contributed by atoms with van der Waals surface area (Å²) in [5, 5.41) is 11.5. The molecule has 1 N–H and O–H groups in total. The number of aryl methyl sites for hydroxylation is 1. The highest BCUT2D eigenvalue weighted by atomic mass is 32.2. The standard InChI is InChI=1S/C22H27N3O4S/c1-5-25(6-2)30(27,28)20-13-16(3)17(4)21(14-20)24-22(26)15-29-19-9-7-18(8-10-19)11-12-23/h7-10,13-14H,5-6,11,15H2,1-4H3,(H,24,26). The highest BCUT2D eigenvalue weighted by Crippen LogP contribution is 2.26. The fourth-order valence-corrected chi connectivity index (χ4v) is 4.52. The third-order valence-electron chi connectivity index (χ3n) is 4.83. The summed E-state index contributed by atoms with van der Waals surface area (Å²) in [7, 11) is -3.64. The number of hydrogen-bond donors (Lipinski definition) is 1. The van der Waals surface area contributed by atoms with Crippen LogP contribution in [0.25, 0.3) is 0 Å². The van der Waals surface area contributed by atoms with E-state index in [4.69, 9.17) is 10.00 Å². The summed E-state index contributed by atoms with van der Waals surface area (Å²) in [6.45, 7) is 7.73. The van der Waals surface area contributed by atoms with Gasteiger partial charge in [0, 0.05) is 18.8 Å². The maximum Gasteiger partial charge on any atom is 0.262 e. The van der Waals surface area contributed by atoms with Crippen molar-refractivity contribution < 1.29 is 17.9 Å². The first-order valence-corrected chi connectivity index (χ1v) is 11.2. The number of amides is 1. The van der Waals surface area contributed by atoms with E-state index in [0.717, 1.165) is 16.7 Å². The lowest BCUT2D eigenvalue weighted by Gasteiger charge is -2.20. The number of rotatable bonds is 9. The molecule has 2 aromatic carbocycles. The van der Waals surface area contributed by atoms with E-state index in [0.29, 0.717) is 30.9 Å². The van der Waals surface area contributed by atoms with Gasteiger partial charge in [-0.3, -0.25) is 4.79 Å². The van der Waals surface area contributed by atoms with Gasteiger partial charge in [-0.15, -0.1) is 0 Å². The van der Waals surface area contributed by atoms with Gasteiger partial charge < -0.3 is 10.1 Å². The van der Waals surface area contributed by atoms with Crippen LogP contribution in [0.4, 0.5) is 5.69 Å². The number of benzene rings is 2. The average molecular weight is 430 g/mol. The number of anilines is 1. The van der Waals surface area contributed by atoms with Crippen molar-refractivity contribution in [2.45, 2.75) is 39.0 Å².